The molecule has 2 fully saturated rings. The molecule has 0 aromatic heterocycles. The van der Waals surface area contributed by atoms with Gasteiger partial charge in [0.25, 0.3) is 0 Å². The summed E-state index contributed by atoms with van der Waals surface area (Å²) in [5, 5.41) is 9.79. The molecule has 0 aliphatic carbocycles. The lowest BCUT2D eigenvalue weighted by Crippen LogP contribution is -2.47. The maximum absolute atomic E-state index is 12.8. The topological polar surface area (TPSA) is 60.9 Å². The number of hydrogen-bond acceptors (Lipinski definition) is 3. The molecule has 130 valence electrons. The zero-order valence-corrected chi connectivity index (χ0v) is 14.4. The molecule has 2 heterocycles. The molecule has 3 rings (SSSR count). The second-order valence-corrected chi connectivity index (χ2v) is 7.09. The number of amides is 2. The summed E-state index contributed by atoms with van der Waals surface area (Å²) in [5.41, 5.74) is 2.01. The molecule has 5 nitrogen and oxygen atoms in total. The Morgan fingerprint density at radius 1 is 1.21 bits per heavy atom. The van der Waals surface area contributed by atoms with Crippen molar-refractivity contribution in [2.24, 2.45) is 11.8 Å². The lowest BCUT2D eigenvalue weighted by atomic mass is 9.92. The zero-order chi connectivity index (χ0) is 17.3. The minimum Gasteiger partial charge on any atom is -0.393 e. The van der Waals surface area contributed by atoms with E-state index in [1.165, 1.54) is 0 Å². The number of piperidine rings is 1. The number of benzene rings is 1. The normalized spacial score (nSPS) is 25.9. The number of likely N-dealkylation sites (tertiary alicyclic amines) is 1. The van der Waals surface area contributed by atoms with Crippen LogP contribution in [0, 0.1) is 18.8 Å². The summed E-state index contributed by atoms with van der Waals surface area (Å²) in [7, 11) is 0. The highest BCUT2D eigenvalue weighted by Gasteiger charge is 2.40. The van der Waals surface area contributed by atoms with Gasteiger partial charge >= 0.3 is 0 Å². The van der Waals surface area contributed by atoms with Crippen LogP contribution in [-0.2, 0) is 9.59 Å². The van der Waals surface area contributed by atoms with Crippen molar-refractivity contribution < 1.29 is 14.7 Å². The summed E-state index contributed by atoms with van der Waals surface area (Å²) in [6.45, 7) is 5.63. The van der Waals surface area contributed by atoms with Crippen molar-refractivity contribution in [3.8, 4) is 0 Å². The quantitative estimate of drug-likeness (QED) is 0.862. The molecule has 0 saturated carbocycles. The second-order valence-electron chi connectivity index (χ2n) is 7.09. The lowest BCUT2D eigenvalue weighted by Gasteiger charge is -2.35. The van der Waals surface area contributed by atoms with Gasteiger partial charge in [-0.05, 0) is 45.2 Å². The van der Waals surface area contributed by atoms with Gasteiger partial charge in [-0.2, -0.15) is 0 Å². The molecule has 3 unspecified atom stereocenters. The van der Waals surface area contributed by atoms with Gasteiger partial charge in [-0.15, -0.1) is 0 Å². The molecular formula is C19H26N2O3. The van der Waals surface area contributed by atoms with E-state index in [2.05, 4.69) is 0 Å². The Kier molecular flexibility index (Phi) is 4.90. The smallest absolute Gasteiger partial charge is 0.239 e. The molecule has 2 aliphatic rings. The Morgan fingerprint density at radius 2 is 1.92 bits per heavy atom. The van der Waals surface area contributed by atoms with Crippen LogP contribution in [0.25, 0.3) is 0 Å². The minimum absolute atomic E-state index is 0.0695. The average Bonchev–Trinajstić information content (AvgIpc) is 2.96. The number of aliphatic hydroxyl groups excluding tert-OH is 1. The summed E-state index contributed by atoms with van der Waals surface area (Å²) in [6, 6.07) is 7.83. The SMILES string of the molecule is Cc1ccc(N2CCC(C(=O)N3CCCC(C(C)O)C3)C2=O)cc1. The number of carbonyl (C=O) groups excluding carboxylic acids is 2. The van der Waals surface area contributed by atoms with Crippen molar-refractivity contribution in [1.29, 1.82) is 0 Å². The third-order valence-corrected chi connectivity index (χ3v) is 5.30. The van der Waals surface area contributed by atoms with E-state index in [4.69, 9.17) is 0 Å². The molecule has 1 aromatic rings. The van der Waals surface area contributed by atoms with E-state index in [1.54, 1.807) is 16.7 Å². The maximum Gasteiger partial charge on any atom is 0.239 e. The van der Waals surface area contributed by atoms with Gasteiger partial charge in [0.05, 0.1) is 6.10 Å². The molecule has 2 amide bonds. The van der Waals surface area contributed by atoms with Crippen LogP contribution in [0.15, 0.2) is 24.3 Å². The van der Waals surface area contributed by atoms with E-state index in [0.29, 0.717) is 26.1 Å². The fraction of sp³-hybridized carbons (Fsp3) is 0.579. The van der Waals surface area contributed by atoms with Crippen LogP contribution >= 0.6 is 0 Å². The number of rotatable bonds is 3. The van der Waals surface area contributed by atoms with Crippen molar-refractivity contribution in [3.05, 3.63) is 29.8 Å². The highest BCUT2D eigenvalue weighted by molar-refractivity contribution is 6.09. The molecule has 0 radical (unpaired) electrons. The van der Waals surface area contributed by atoms with Gasteiger partial charge in [-0.25, -0.2) is 0 Å². The van der Waals surface area contributed by atoms with E-state index in [9.17, 15) is 14.7 Å². The van der Waals surface area contributed by atoms with Crippen LogP contribution in [0.5, 0.6) is 0 Å². The average molecular weight is 330 g/mol. The van der Waals surface area contributed by atoms with Crippen molar-refractivity contribution in [3.63, 3.8) is 0 Å². The second kappa shape index (κ2) is 6.93. The fourth-order valence-corrected chi connectivity index (χ4v) is 3.71. The lowest BCUT2D eigenvalue weighted by molar-refractivity contribution is -0.142. The van der Waals surface area contributed by atoms with Gasteiger partial charge in [0.15, 0.2) is 0 Å². The number of carbonyl (C=O) groups is 2. The highest BCUT2D eigenvalue weighted by Crippen LogP contribution is 2.28. The molecule has 5 heteroatoms. The number of nitrogens with zero attached hydrogens (tertiary/aromatic N) is 2. The van der Waals surface area contributed by atoms with Crippen molar-refractivity contribution in [2.45, 2.75) is 39.2 Å². The number of aliphatic hydroxyl groups is 1. The summed E-state index contributed by atoms with van der Waals surface area (Å²) < 4.78 is 0. The molecule has 24 heavy (non-hydrogen) atoms. The summed E-state index contributed by atoms with van der Waals surface area (Å²) in [4.78, 5) is 29.0. The number of hydrogen-bond donors (Lipinski definition) is 1. The van der Waals surface area contributed by atoms with Gasteiger partial charge < -0.3 is 14.9 Å². The van der Waals surface area contributed by atoms with Gasteiger partial charge in [0, 0.05) is 31.2 Å². The fourth-order valence-electron chi connectivity index (χ4n) is 3.71. The van der Waals surface area contributed by atoms with Crippen LogP contribution in [0.3, 0.4) is 0 Å². The third-order valence-electron chi connectivity index (χ3n) is 5.30. The van der Waals surface area contributed by atoms with Gasteiger partial charge in [0.1, 0.15) is 5.92 Å². The van der Waals surface area contributed by atoms with E-state index in [1.807, 2.05) is 31.2 Å². The Balaban J connectivity index is 1.68. The van der Waals surface area contributed by atoms with Crippen LogP contribution in [0.2, 0.25) is 0 Å². The highest BCUT2D eigenvalue weighted by atomic mass is 16.3. The molecule has 2 aliphatic heterocycles. The summed E-state index contributed by atoms with van der Waals surface area (Å²) in [6.07, 6.45) is 1.99. The minimum atomic E-state index is -0.570. The number of anilines is 1. The third kappa shape index (κ3) is 3.31. The van der Waals surface area contributed by atoms with E-state index in [0.717, 1.165) is 24.1 Å². The summed E-state index contributed by atoms with van der Waals surface area (Å²) in [5.74, 6) is -0.616. The van der Waals surface area contributed by atoms with Crippen molar-refractivity contribution in [1.82, 2.24) is 4.90 Å². The molecule has 3 atom stereocenters. The van der Waals surface area contributed by atoms with Gasteiger partial charge in [-0.3, -0.25) is 9.59 Å². The standard InChI is InChI=1S/C19H26N2O3/c1-13-5-7-16(8-6-13)21-11-9-17(19(21)24)18(23)20-10-3-4-15(12-20)14(2)22/h5-8,14-15,17,22H,3-4,9-12H2,1-2H3. The van der Waals surface area contributed by atoms with Gasteiger partial charge in [0.2, 0.25) is 11.8 Å². The van der Waals surface area contributed by atoms with E-state index >= 15 is 0 Å². The van der Waals surface area contributed by atoms with Crippen LogP contribution in [0.1, 0.15) is 31.7 Å². The Hall–Kier alpha value is -1.88. The molecule has 0 spiro atoms. The first kappa shape index (κ1) is 17.0. The monoisotopic (exact) mass is 330 g/mol. The van der Waals surface area contributed by atoms with Crippen molar-refractivity contribution in [2.75, 3.05) is 24.5 Å². The molecule has 0 bridgehead atoms. The Labute approximate surface area is 143 Å². The predicted octanol–water partition coefficient (Wildman–Crippen LogP) is 1.97. The first-order valence-electron chi connectivity index (χ1n) is 8.82. The first-order chi connectivity index (χ1) is 11.5. The van der Waals surface area contributed by atoms with Crippen LogP contribution < -0.4 is 4.90 Å². The maximum atomic E-state index is 12.8. The van der Waals surface area contributed by atoms with Crippen molar-refractivity contribution >= 4 is 17.5 Å². The molecule has 1 N–H and O–H groups in total. The zero-order valence-electron chi connectivity index (χ0n) is 14.4. The largest absolute Gasteiger partial charge is 0.393 e. The molecule has 2 saturated heterocycles. The van der Waals surface area contributed by atoms with E-state index < -0.39 is 12.0 Å². The van der Waals surface area contributed by atoms with Gasteiger partial charge in [-0.1, -0.05) is 17.7 Å². The predicted molar refractivity (Wildman–Crippen MR) is 92.6 cm³/mol. The Morgan fingerprint density at radius 3 is 2.58 bits per heavy atom. The molecular weight excluding hydrogens is 304 g/mol. The van der Waals surface area contributed by atoms with E-state index in [-0.39, 0.29) is 17.7 Å². The Bertz CT molecular complexity index is 612. The van der Waals surface area contributed by atoms with Crippen LogP contribution in [0.4, 0.5) is 5.69 Å². The molecule has 1 aromatic carbocycles. The number of aryl methyl sites for hydroxylation is 1. The first-order valence-corrected chi connectivity index (χ1v) is 8.82. The summed E-state index contributed by atoms with van der Waals surface area (Å²) >= 11 is 0. The van der Waals surface area contributed by atoms with Crippen LogP contribution in [-0.4, -0.2) is 47.6 Å².